The average Bonchev–Trinajstić information content (AvgIpc) is 2.68. The van der Waals surface area contributed by atoms with E-state index in [4.69, 9.17) is 15.2 Å². The van der Waals surface area contributed by atoms with Crippen LogP contribution >= 0.6 is 0 Å². The zero-order valence-corrected chi connectivity index (χ0v) is 15.6. The Bertz CT molecular complexity index is 989. The largest absolute Gasteiger partial charge is 0.486 e. The van der Waals surface area contributed by atoms with E-state index < -0.39 is 15.9 Å². The van der Waals surface area contributed by atoms with Crippen LogP contribution < -0.4 is 25.2 Å². The first kappa shape index (κ1) is 19.6. The van der Waals surface area contributed by atoms with Gasteiger partial charge < -0.3 is 20.5 Å². The first-order chi connectivity index (χ1) is 13.3. The summed E-state index contributed by atoms with van der Waals surface area (Å²) < 4.78 is 37.9. The molecule has 0 bridgehead atoms. The second-order valence-electron chi connectivity index (χ2n) is 5.94. The molecule has 0 atom stereocenters. The summed E-state index contributed by atoms with van der Waals surface area (Å²) in [4.78, 5) is 23.0. The number of nitrogens with two attached hydrogens (primary N) is 1. The van der Waals surface area contributed by atoms with Crippen molar-refractivity contribution in [1.82, 2.24) is 4.72 Å². The van der Waals surface area contributed by atoms with Gasteiger partial charge >= 0.3 is 0 Å². The topological polar surface area (TPSA) is 137 Å². The minimum absolute atomic E-state index is 0.0270. The summed E-state index contributed by atoms with van der Waals surface area (Å²) in [6.45, 7) is 0.685. The quantitative estimate of drug-likeness (QED) is 0.625. The fourth-order valence-corrected chi connectivity index (χ4v) is 3.56. The monoisotopic (exact) mass is 405 g/mol. The Morgan fingerprint density at radius 2 is 1.68 bits per heavy atom. The lowest BCUT2D eigenvalue weighted by Crippen LogP contribution is -2.28. The summed E-state index contributed by atoms with van der Waals surface area (Å²) in [6, 6.07) is 10.4. The second kappa shape index (κ2) is 8.28. The van der Waals surface area contributed by atoms with Gasteiger partial charge in [0, 0.05) is 30.3 Å². The van der Waals surface area contributed by atoms with Gasteiger partial charge in [-0.05, 0) is 36.4 Å². The van der Waals surface area contributed by atoms with Gasteiger partial charge in [0.25, 0.3) is 0 Å². The van der Waals surface area contributed by atoms with Crippen molar-refractivity contribution < 1.29 is 27.5 Å². The number of hydrogen-bond donors (Lipinski definition) is 3. The number of nitrogens with one attached hydrogen (secondary N) is 2. The molecule has 2 amide bonds. The molecule has 1 aliphatic rings. The van der Waals surface area contributed by atoms with Gasteiger partial charge in [-0.15, -0.1) is 0 Å². The van der Waals surface area contributed by atoms with Gasteiger partial charge in [0.15, 0.2) is 11.5 Å². The fraction of sp³-hybridized carbons (Fsp3) is 0.222. The number of carbonyl (C=O) groups is 2. The van der Waals surface area contributed by atoms with Crippen molar-refractivity contribution in [3.05, 3.63) is 48.0 Å². The predicted octanol–water partition coefficient (Wildman–Crippen LogP) is 0.864. The van der Waals surface area contributed by atoms with E-state index in [1.54, 1.807) is 0 Å². The maximum absolute atomic E-state index is 12.4. The van der Waals surface area contributed by atoms with Crippen LogP contribution in [0.4, 0.5) is 5.69 Å². The van der Waals surface area contributed by atoms with Crippen molar-refractivity contribution >= 4 is 27.5 Å². The van der Waals surface area contributed by atoms with Crippen molar-refractivity contribution in [3.63, 3.8) is 0 Å². The fourth-order valence-electron chi connectivity index (χ4n) is 2.51. The van der Waals surface area contributed by atoms with Crippen molar-refractivity contribution in [3.8, 4) is 11.5 Å². The summed E-state index contributed by atoms with van der Waals surface area (Å²) in [5.41, 5.74) is 5.95. The van der Waals surface area contributed by atoms with Gasteiger partial charge in [0.1, 0.15) is 13.2 Å². The lowest BCUT2D eigenvalue weighted by molar-refractivity contribution is -0.116. The number of ether oxygens (including phenoxy) is 2. The number of fused-ring (bicyclic) bond motifs is 1. The molecule has 2 aromatic carbocycles. The number of carbonyl (C=O) groups excluding carboxylic acids is 2. The van der Waals surface area contributed by atoms with Gasteiger partial charge in [0.2, 0.25) is 21.8 Å². The van der Waals surface area contributed by atoms with Crippen molar-refractivity contribution in [2.45, 2.75) is 11.3 Å². The number of benzene rings is 2. The Labute approximate surface area is 161 Å². The van der Waals surface area contributed by atoms with E-state index in [2.05, 4.69) is 10.0 Å². The average molecular weight is 405 g/mol. The van der Waals surface area contributed by atoms with Crippen LogP contribution in [0.25, 0.3) is 0 Å². The number of anilines is 1. The molecule has 2 aromatic rings. The van der Waals surface area contributed by atoms with E-state index in [-0.39, 0.29) is 23.8 Å². The van der Waals surface area contributed by atoms with Gasteiger partial charge in [-0.2, -0.15) is 0 Å². The highest BCUT2D eigenvalue weighted by molar-refractivity contribution is 7.89. The third kappa shape index (κ3) is 4.78. The third-order valence-corrected chi connectivity index (χ3v) is 5.38. The van der Waals surface area contributed by atoms with E-state index in [0.717, 1.165) is 0 Å². The Morgan fingerprint density at radius 3 is 2.36 bits per heavy atom. The standard InChI is InChI=1S/C18H19N3O6S/c19-18(23)12-1-3-13(4-2-12)21-17(22)7-8-20-28(24,25)14-5-6-15-16(11-14)27-10-9-26-15/h1-6,11,20H,7-10H2,(H2,19,23)(H,21,22). The van der Waals surface area contributed by atoms with Crippen LogP contribution in [0, 0.1) is 0 Å². The molecule has 0 spiro atoms. The maximum atomic E-state index is 12.4. The third-order valence-electron chi connectivity index (χ3n) is 3.92. The number of amides is 2. The number of rotatable bonds is 7. The number of sulfonamides is 1. The Morgan fingerprint density at radius 1 is 1.00 bits per heavy atom. The Kier molecular flexibility index (Phi) is 5.81. The first-order valence-corrected chi connectivity index (χ1v) is 9.92. The van der Waals surface area contributed by atoms with Crippen molar-refractivity contribution in [2.75, 3.05) is 25.1 Å². The van der Waals surface area contributed by atoms with Crippen LogP contribution in [0.1, 0.15) is 16.8 Å². The molecule has 0 aliphatic carbocycles. The number of hydrogen-bond acceptors (Lipinski definition) is 6. The number of primary amides is 1. The van der Waals surface area contributed by atoms with E-state index in [1.165, 1.54) is 42.5 Å². The van der Waals surface area contributed by atoms with E-state index in [9.17, 15) is 18.0 Å². The van der Waals surface area contributed by atoms with Gasteiger partial charge in [-0.3, -0.25) is 9.59 Å². The molecule has 10 heteroatoms. The van der Waals surface area contributed by atoms with Crippen LogP contribution in [-0.4, -0.2) is 40.0 Å². The summed E-state index contributed by atoms with van der Waals surface area (Å²) in [5.74, 6) is -0.0821. The molecule has 0 unspecified atom stereocenters. The van der Waals surface area contributed by atoms with Gasteiger partial charge in [-0.1, -0.05) is 0 Å². The summed E-state index contributed by atoms with van der Waals surface area (Å²) >= 11 is 0. The van der Waals surface area contributed by atoms with Crippen LogP contribution in [0.5, 0.6) is 11.5 Å². The molecular weight excluding hydrogens is 386 g/mol. The lowest BCUT2D eigenvalue weighted by atomic mass is 10.2. The van der Waals surface area contributed by atoms with E-state index in [0.29, 0.717) is 36.0 Å². The van der Waals surface area contributed by atoms with Crippen LogP contribution in [0.3, 0.4) is 0 Å². The SMILES string of the molecule is NC(=O)c1ccc(NC(=O)CCNS(=O)(=O)c2ccc3c(c2)OCCO3)cc1. The molecule has 0 radical (unpaired) electrons. The molecule has 0 saturated carbocycles. The van der Waals surface area contributed by atoms with Crippen LogP contribution in [0.15, 0.2) is 47.4 Å². The molecule has 1 heterocycles. The summed E-state index contributed by atoms with van der Waals surface area (Å²) in [5, 5.41) is 2.61. The van der Waals surface area contributed by atoms with E-state index in [1.807, 2.05) is 0 Å². The summed E-state index contributed by atoms with van der Waals surface area (Å²) in [6.07, 6.45) is -0.0681. The smallest absolute Gasteiger partial charge is 0.248 e. The second-order valence-corrected chi connectivity index (χ2v) is 7.71. The molecule has 0 aromatic heterocycles. The maximum Gasteiger partial charge on any atom is 0.248 e. The Balaban J connectivity index is 1.53. The molecule has 0 saturated heterocycles. The molecule has 9 nitrogen and oxygen atoms in total. The highest BCUT2D eigenvalue weighted by atomic mass is 32.2. The van der Waals surface area contributed by atoms with Crippen molar-refractivity contribution in [2.24, 2.45) is 5.73 Å². The van der Waals surface area contributed by atoms with Gasteiger partial charge in [0.05, 0.1) is 4.90 Å². The minimum Gasteiger partial charge on any atom is -0.486 e. The summed E-state index contributed by atoms with van der Waals surface area (Å²) in [7, 11) is -3.79. The zero-order chi connectivity index (χ0) is 20.1. The minimum atomic E-state index is -3.79. The molecule has 28 heavy (non-hydrogen) atoms. The highest BCUT2D eigenvalue weighted by Crippen LogP contribution is 2.32. The van der Waals surface area contributed by atoms with Gasteiger partial charge in [-0.25, -0.2) is 13.1 Å². The normalized spacial score (nSPS) is 13.0. The molecule has 0 fully saturated rings. The molecule has 3 rings (SSSR count). The zero-order valence-electron chi connectivity index (χ0n) is 14.8. The van der Waals surface area contributed by atoms with Crippen molar-refractivity contribution in [1.29, 1.82) is 0 Å². The van der Waals surface area contributed by atoms with Crippen LogP contribution in [-0.2, 0) is 14.8 Å². The van der Waals surface area contributed by atoms with E-state index >= 15 is 0 Å². The molecule has 1 aliphatic heterocycles. The first-order valence-electron chi connectivity index (χ1n) is 8.44. The lowest BCUT2D eigenvalue weighted by Gasteiger charge is -2.18. The van der Waals surface area contributed by atoms with Crippen LogP contribution in [0.2, 0.25) is 0 Å². The highest BCUT2D eigenvalue weighted by Gasteiger charge is 2.19. The predicted molar refractivity (Wildman–Crippen MR) is 101 cm³/mol. The molecule has 148 valence electrons. The molecular formula is C18H19N3O6S. The molecule has 4 N–H and O–H groups in total. The Hall–Kier alpha value is -3.11.